The molecule has 1 aromatic carbocycles. The number of carbonyl (C=O) groups excluding carboxylic acids is 2. The minimum absolute atomic E-state index is 0.0931. The second kappa shape index (κ2) is 12.5. The van der Waals surface area contributed by atoms with Crippen LogP contribution in [0.2, 0.25) is 0 Å². The summed E-state index contributed by atoms with van der Waals surface area (Å²) in [6.45, 7) is 4.06. The zero-order valence-electron chi connectivity index (χ0n) is 22.2. The Labute approximate surface area is 227 Å². The lowest BCUT2D eigenvalue weighted by Gasteiger charge is -2.37. The fourth-order valence-electron chi connectivity index (χ4n) is 4.27. The van der Waals surface area contributed by atoms with Crippen LogP contribution in [0.15, 0.2) is 61.1 Å². The maximum atomic E-state index is 14.0. The van der Waals surface area contributed by atoms with Crippen LogP contribution in [0.25, 0.3) is 0 Å². The summed E-state index contributed by atoms with van der Waals surface area (Å²) in [4.78, 5) is 38.1. The Balaban J connectivity index is 1.62. The molecule has 2 amide bonds. The van der Waals surface area contributed by atoms with Gasteiger partial charge in [-0.15, -0.1) is 0 Å². The van der Waals surface area contributed by atoms with Gasteiger partial charge in [-0.1, -0.05) is 37.0 Å². The number of benzene rings is 1. The lowest BCUT2D eigenvalue weighted by Crippen LogP contribution is -2.50. The topological polar surface area (TPSA) is 95.9 Å². The molecule has 39 heavy (non-hydrogen) atoms. The number of aromatic nitrogens is 2. The van der Waals surface area contributed by atoms with Gasteiger partial charge in [-0.2, -0.15) is 0 Å². The molecule has 2 aromatic heterocycles. The third-order valence-electron chi connectivity index (χ3n) is 6.69. The van der Waals surface area contributed by atoms with Crippen LogP contribution < -0.4 is 4.74 Å². The monoisotopic (exact) mass is 530 g/mol. The Hall–Kier alpha value is -4.29. The minimum atomic E-state index is -0.476. The highest BCUT2D eigenvalue weighted by Gasteiger charge is 2.34. The summed E-state index contributed by atoms with van der Waals surface area (Å²) < 4.78 is 20.3. The van der Waals surface area contributed by atoms with Gasteiger partial charge < -0.3 is 19.6 Å². The average molecular weight is 531 g/mol. The number of halogens is 1. The number of aliphatic hydroxyl groups is 1. The molecule has 0 fully saturated rings. The first-order valence-electron chi connectivity index (χ1n) is 12.7. The second-order valence-electron chi connectivity index (χ2n) is 9.74. The standard InChI is InChI=1S/C30H31FN4O4/c1-20-17-35(21(2)19-36)30(38)25-13-23(10-11-24-8-4-5-9-26(24)31)16-33-29(25)39-27(20)18-34(3)28(37)14-22-7-6-12-32-15-22/h4-9,12-13,15-16,20-21,27,36H,14,17-19H2,1-3H3/t20-,21-,27+/m1/s1. The van der Waals surface area contributed by atoms with Gasteiger partial charge in [0.25, 0.3) is 5.91 Å². The number of pyridine rings is 2. The quantitative estimate of drug-likeness (QED) is 0.493. The van der Waals surface area contributed by atoms with Crippen LogP contribution in [-0.2, 0) is 11.2 Å². The molecule has 0 unspecified atom stereocenters. The Kier molecular flexibility index (Phi) is 8.89. The molecule has 0 saturated heterocycles. The average Bonchev–Trinajstić information content (AvgIpc) is 2.94. The molecule has 4 rings (SSSR count). The highest BCUT2D eigenvalue weighted by atomic mass is 19.1. The number of nitrogens with zero attached hydrogens (tertiary/aromatic N) is 4. The van der Waals surface area contributed by atoms with Gasteiger partial charge in [0.1, 0.15) is 17.5 Å². The van der Waals surface area contributed by atoms with Gasteiger partial charge in [0, 0.05) is 43.7 Å². The summed E-state index contributed by atoms with van der Waals surface area (Å²) in [5.41, 5.74) is 1.65. The van der Waals surface area contributed by atoms with Gasteiger partial charge in [-0.3, -0.25) is 14.6 Å². The van der Waals surface area contributed by atoms with Gasteiger partial charge in [-0.05, 0) is 36.8 Å². The minimum Gasteiger partial charge on any atom is -0.472 e. The molecule has 3 heterocycles. The molecule has 3 atom stereocenters. The number of likely N-dealkylation sites (N-methyl/N-ethyl adjacent to an activating group) is 1. The number of ether oxygens (including phenoxy) is 1. The fraction of sp³-hybridized carbons (Fsp3) is 0.333. The van der Waals surface area contributed by atoms with Crippen molar-refractivity contribution in [1.82, 2.24) is 19.8 Å². The highest BCUT2D eigenvalue weighted by Crippen LogP contribution is 2.27. The van der Waals surface area contributed by atoms with E-state index < -0.39 is 18.0 Å². The van der Waals surface area contributed by atoms with E-state index in [0.717, 1.165) is 5.56 Å². The molecular formula is C30H31FN4O4. The molecule has 0 bridgehead atoms. The molecule has 3 aromatic rings. The first-order valence-corrected chi connectivity index (χ1v) is 12.7. The zero-order chi connectivity index (χ0) is 27.9. The van der Waals surface area contributed by atoms with E-state index in [9.17, 15) is 19.1 Å². The van der Waals surface area contributed by atoms with E-state index >= 15 is 0 Å². The maximum absolute atomic E-state index is 14.0. The molecule has 1 N–H and O–H groups in total. The lowest BCUT2D eigenvalue weighted by atomic mass is 9.99. The van der Waals surface area contributed by atoms with E-state index in [1.165, 1.54) is 12.3 Å². The molecule has 1 aliphatic heterocycles. The number of hydrogen-bond donors (Lipinski definition) is 1. The number of rotatable bonds is 6. The van der Waals surface area contributed by atoms with Crippen molar-refractivity contribution in [2.75, 3.05) is 26.7 Å². The van der Waals surface area contributed by atoms with Gasteiger partial charge in [0.15, 0.2) is 0 Å². The van der Waals surface area contributed by atoms with E-state index in [-0.39, 0.29) is 54.3 Å². The van der Waals surface area contributed by atoms with Crippen LogP contribution in [0.3, 0.4) is 0 Å². The predicted molar refractivity (Wildman–Crippen MR) is 143 cm³/mol. The summed E-state index contributed by atoms with van der Waals surface area (Å²) >= 11 is 0. The third kappa shape index (κ3) is 6.78. The molecule has 0 aliphatic carbocycles. The van der Waals surface area contributed by atoms with E-state index in [1.807, 2.05) is 13.0 Å². The number of hydrogen-bond acceptors (Lipinski definition) is 6. The Morgan fingerprint density at radius 3 is 2.77 bits per heavy atom. The molecule has 0 saturated carbocycles. The predicted octanol–water partition coefficient (Wildman–Crippen LogP) is 2.94. The largest absolute Gasteiger partial charge is 0.472 e. The Morgan fingerprint density at radius 2 is 2.05 bits per heavy atom. The summed E-state index contributed by atoms with van der Waals surface area (Å²) in [5.74, 6) is 4.72. The van der Waals surface area contributed by atoms with Crippen LogP contribution in [-0.4, -0.2) is 75.6 Å². The summed E-state index contributed by atoms with van der Waals surface area (Å²) in [6.07, 6.45) is 4.52. The van der Waals surface area contributed by atoms with Gasteiger partial charge in [0.2, 0.25) is 11.8 Å². The van der Waals surface area contributed by atoms with Crippen molar-refractivity contribution in [2.24, 2.45) is 5.92 Å². The Morgan fingerprint density at radius 1 is 1.26 bits per heavy atom. The molecule has 8 nitrogen and oxygen atoms in total. The number of fused-ring (bicyclic) bond motifs is 1. The van der Waals surface area contributed by atoms with Crippen molar-refractivity contribution in [3.8, 4) is 17.7 Å². The normalized spacial score (nSPS) is 17.6. The third-order valence-corrected chi connectivity index (χ3v) is 6.69. The van der Waals surface area contributed by atoms with Crippen molar-refractivity contribution in [3.05, 3.63) is 89.1 Å². The molecular weight excluding hydrogens is 499 g/mol. The number of amides is 2. The van der Waals surface area contributed by atoms with E-state index in [4.69, 9.17) is 4.74 Å². The smallest absolute Gasteiger partial charge is 0.259 e. The lowest BCUT2D eigenvalue weighted by molar-refractivity contribution is -0.130. The van der Waals surface area contributed by atoms with Crippen LogP contribution in [0.5, 0.6) is 5.88 Å². The number of aliphatic hydroxyl groups excluding tert-OH is 1. The van der Waals surface area contributed by atoms with Crippen LogP contribution >= 0.6 is 0 Å². The van der Waals surface area contributed by atoms with Gasteiger partial charge in [0.05, 0.1) is 31.2 Å². The SMILES string of the molecule is C[C@@H]1CN([C@H](C)CO)C(=O)c2cc(C#Cc3ccccc3F)cnc2O[C@H]1CN(C)C(=O)Cc1cccnc1. The van der Waals surface area contributed by atoms with Crippen LogP contribution in [0.1, 0.15) is 40.9 Å². The second-order valence-corrected chi connectivity index (χ2v) is 9.74. The zero-order valence-corrected chi connectivity index (χ0v) is 22.2. The van der Waals surface area contributed by atoms with Crippen molar-refractivity contribution < 1.29 is 23.8 Å². The molecule has 1 aliphatic rings. The first-order chi connectivity index (χ1) is 18.8. The Bertz CT molecular complexity index is 1390. The summed E-state index contributed by atoms with van der Waals surface area (Å²) in [5, 5.41) is 9.86. The van der Waals surface area contributed by atoms with Gasteiger partial charge >= 0.3 is 0 Å². The molecule has 9 heteroatoms. The van der Waals surface area contributed by atoms with Crippen molar-refractivity contribution >= 4 is 11.8 Å². The maximum Gasteiger partial charge on any atom is 0.259 e. The van der Waals surface area contributed by atoms with E-state index in [1.54, 1.807) is 66.5 Å². The number of carbonyl (C=O) groups is 2. The van der Waals surface area contributed by atoms with Crippen molar-refractivity contribution in [1.29, 1.82) is 0 Å². The van der Waals surface area contributed by atoms with Gasteiger partial charge in [-0.25, -0.2) is 9.37 Å². The molecule has 202 valence electrons. The van der Waals surface area contributed by atoms with Crippen molar-refractivity contribution in [3.63, 3.8) is 0 Å². The molecule has 0 spiro atoms. The summed E-state index contributed by atoms with van der Waals surface area (Å²) in [6, 6.07) is 10.9. The molecule has 0 radical (unpaired) electrons. The van der Waals surface area contributed by atoms with E-state index in [2.05, 4.69) is 21.8 Å². The van der Waals surface area contributed by atoms with Crippen LogP contribution in [0.4, 0.5) is 4.39 Å². The first kappa shape index (κ1) is 27.7. The van der Waals surface area contributed by atoms with E-state index in [0.29, 0.717) is 12.1 Å². The van der Waals surface area contributed by atoms with Crippen molar-refractivity contribution in [2.45, 2.75) is 32.4 Å². The fourth-order valence-corrected chi connectivity index (χ4v) is 4.27. The van der Waals surface area contributed by atoms with Crippen LogP contribution in [0, 0.1) is 23.6 Å². The highest BCUT2D eigenvalue weighted by molar-refractivity contribution is 5.97. The summed E-state index contributed by atoms with van der Waals surface area (Å²) in [7, 11) is 1.71.